The second-order valence-corrected chi connectivity index (χ2v) is 11.7. The van der Waals surface area contributed by atoms with Crippen molar-refractivity contribution in [3.8, 4) is 11.5 Å². The number of sulfonamides is 1. The molecule has 182 valence electrons. The predicted molar refractivity (Wildman–Crippen MR) is 123 cm³/mol. The first kappa shape index (κ1) is 26.0. The molecule has 0 unspecified atom stereocenters. The van der Waals surface area contributed by atoms with Gasteiger partial charge in [0, 0.05) is 19.0 Å². The van der Waals surface area contributed by atoms with Crippen molar-refractivity contribution in [1.29, 1.82) is 0 Å². The Morgan fingerprint density at radius 3 is 2.30 bits per heavy atom. The molecule has 0 aromatic heterocycles. The van der Waals surface area contributed by atoms with Crippen LogP contribution in [0.3, 0.4) is 0 Å². The topological polar surface area (TPSA) is 108 Å². The van der Waals surface area contributed by atoms with Gasteiger partial charge >= 0.3 is 0 Å². The van der Waals surface area contributed by atoms with E-state index < -0.39 is 25.7 Å². The Balaban J connectivity index is 1.95. The van der Waals surface area contributed by atoms with Crippen LogP contribution in [0.15, 0.2) is 41.3 Å². The highest BCUT2D eigenvalue weighted by Gasteiger charge is 2.46. The van der Waals surface area contributed by atoms with Gasteiger partial charge in [0.1, 0.15) is 12.3 Å². The smallest absolute Gasteiger partial charge is 0.264 e. The van der Waals surface area contributed by atoms with Crippen LogP contribution in [-0.4, -0.2) is 61.5 Å². The normalized spacial score (nSPS) is 19.5. The second kappa shape index (κ2) is 9.95. The number of ether oxygens (including phenoxy) is 3. The molecule has 0 spiro atoms. The third-order valence-corrected chi connectivity index (χ3v) is 8.26. The zero-order valence-electron chi connectivity index (χ0n) is 18.1. The summed E-state index contributed by atoms with van der Waals surface area (Å²) in [6.45, 7) is -0.589. The molecule has 0 amide bonds. The maximum absolute atomic E-state index is 13.4. The van der Waals surface area contributed by atoms with Crippen molar-refractivity contribution in [3.63, 3.8) is 0 Å². The lowest BCUT2D eigenvalue weighted by atomic mass is 9.91. The second-order valence-electron chi connectivity index (χ2n) is 7.30. The van der Waals surface area contributed by atoms with Gasteiger partial charge in [-0.25, -0.2) is 8.42 Å². The molecule has 3 rings (SSSR count). The van der Waals surface area contributed by atoms with Crippen molar-refractivity contribution < 1.29 is 35.2 Å². The molecule has 1 atom stereocenters. The van der Waals surface area contributed by atoms with Crippen LogP contribution in [0.4, 0.5) is 0 Å². The Kier molecular flexibility index (Phi) is 7.84. The maximum atomic E-state index is 13.4. The van der Waals surface area contributed by atoms with Crippen LogP contribution in [0.5, 0.6) is 11.5 Å². The van der Waals surface area contributed by atoms with E-state index in [-0.39, 0.29) is 42.0 Å². The highest BCUT2D eigenvalue weighted by atomic mass is 35.5. The van der Waals surface area contributed by atoms with Gasteiger partial charge in [-0.15, -0.1) is 0 Å². The fraction of sp³-hybridized carbons (Fsp3) is 0.400. The highest BCUT2D eigenvalue weighted by Crippen LogP contribution is 2.40. The molecule has 2 aromatic carbocycles. The molecule has 0 aliphatic carbocycles. The van der Waals surface area contributed by atoms with Crippen LogP contribution in [0.2, 0.25) is 10.0 Å². The minimum Gasteiger partial charge on any atom is -0.493 e. The third kappa shape index (κ3) is 5.73. The molecule has 0 saturated carbocycles. The van der Waals surface area contributed by atoms with Gasteiger partial charge in [-0.1, -0.05) is 29.3 Å². The summed E-state index contributed by atoms with van der Waals surface area (Å²) in [5.41, 5.74) is -0.665. The number of hydrogen-bond acceptors (Lipinski definition) is 8. The van der Waals surface area contributed by atoms with Crippen LogP contribution in [0.25, 0.3) is 0 Å². The summed E-state index contributed by atoms with van der Waals surface area (Å²) in [7, 11) is -4.84. The Hall–Kier alpha value is -1.60. The molecular weight excluding hydrogens is 517 g/mol. The number of halogens is 2. The molecule has 1 saturated heterocycles. The van der Waals surface area contributed by atoms with Crippen molar-refractivity contribution in [2.75, 3.05) is 40.4 Å². The van der Waals surface area contributed by atoms with Crippen LogP contribution in [0, 0.1) is 0 Å². The van der Waals surface area contributed by atoms with Gasteiger partial charge in [0.25, 0.3) is 10.1 Å². The van der Waals surface area contributed by atoms with Gasteiger partial charge in [0.15, 0.2) is 11.5 Å². The van der Waals surface area contributed by atoms with Crippen molar-refractivity contribution in [2.45, 2.75) is 16.9 Å². The van der Waals surface area contributed by atoms with Crippen molar-refractivity contribution in [2.24, 2.45) is 0 Å². The number of nitrogens with zero attached hydrogens (tertiary/aromatic N) is 1. The zero-order chi connectivity index (χ0) is 24.4. The molecule has 1 fully saturated rings. The molecule has 1 aliphatic heterocycles. The number of rotatable bonds is 9. The van der Waals surface area contributed by atoms with E-state index in [1.807, 2.05) is 0 Å². The van der Waals surface area contributed by atoms with Gasteiger partial charge in [-0.3, -0.25) is 4.18 Å². The minimum absolute atomic E-state index is 0.0129. The van der Waals surface area contributed by atoms with Gasteiger partial charge in [-0.2, -0.15) is 12.7 Å². The molecule has 9 nitrogen and oxygen atoms in total. The lowest BCUT2D eigenvalue weighted by Crippen LogP contribution is -2.36. The Morgan fingerprint density at radius 2 is 1.70 bits per heavy atom. The summed E-state index contributed by atoms with van der Waals surface area (Å²) in [4.78, 5) is -0.0129. The molecule has 1 aliphatic rings. The standard InChI is InChI=1S/C20H23Cl2NO8S2/c1-28-18-7-5-15(11-19(18)29-2)33(26,27)23-12-20(30-13-23,8-9-31-32(3,24)25)14-4-6-16(21)17(22)10-14/h4-7,10-11H,8-9,12-13H2,1-3H3/t20-/m0/s1. The molecule has 2 aromatic rings. The number of hydrogen-bond donors (Lipinski definition) is 0. The Labute approximate surface area is 203 Å². The fourth-order valence-electron chi connectivity index (χ4n) is 3.46. The first-order valence-electron chi connectivity index (χ1n) is 9.58. The average molecular weight is 540 g/mol. The van der Waals surface area contributed by atoms with Crippen LogP contribution in [0.1, 0.15) is 12.0 Å². The predicted octanol–water partition coefficient (Wildman–Crippen LogP) is 3.25. The van der Waals surface area contributed by atoms with Gasteiger partial charge in [-0.05, 0) is 29.8 Å². The summed E-state index contributed by atoms with van der Waals surface area (Å²) in [6, 6.07) is 9.04. The molecular formula is C20H23Cl2NO8S2. The lowest BCUT2D eigenvalue weighted by molar-refractivity contribution is -0.0106. The quantitative estimate of drug-likeness (QED) is 0.446. The van der Waals surface area contributed by atoms with Gasteiger partial charge < -0.3 is 14.2 Å². The average Bonchev–Trinajstić information content (AvgIpc) is 3.20. The molecule has 33 heavy (non-hydrogen) atoms. The minimum atomic E-state index is -3.99. The molecule has 1 heterocycles. The van der Waals surface area contributed by atoms with Gasteiger partial charge in [0.2, 0.25) is 10.0 Å². The summed E-state index contributed by atoms with van der Waals surface area (Å²) in [6.07, 6.45) is 0.984. The van der Waals surface area contributed by atoms with E-state index >= 15 is 0 Å². The van der Waals surface area contributed by atoms with Crippen molar-refractivity contribution in [3.05, 3.63) is 52.0 Å². The van der Waals surface area contributed by atoms with E-state index in [9.17, 15) is 16.8 Å². The van der Waals surface area contributed by atoms with Crippen molar-refractivity contribution in [1.82, 2.24) is 4.31 Å². The van der Waals surface area contributed by atoms with E-state index in [0.29, 0.717) is 16.3 Å². The first-order valence-corrected chi connectivity index (χ1v) is 13.6. The lowest BCUT2D eigenvalue weighted by Gasteiger charge is -2.28. The SMILES string of the molecule is COc1ccc(S(=O)(=O)N2CO[C@](CCOS(C)(=O)=O)(c3ccc(Cl)c(Cl)c3)C2)cc1OC. The molecule has 13 heteroatoms. The summed E-state index contributed by atoms with van der Waals surface area (Å²) >= 11 is 12.2. The Morgan fingerprint density at radius 1 is 1.00 bits per heavy atom. The number of methoxy groups -OCH3 is 2. The van der Waals surface area contributed by atoms with Crippen LogP contribution < -0.4 is 9.47 Å². The molecule has 0 N–H and O–H groups in total. The monoisotopic (exact) mass is 539 g/mol. The summed E-state index contributed by atoms with van der Waals surface area (Å²) < 4.78 is 72.0. The van der Waals surface area contributed by atoms with E-state index in [4.69, 9.17) is 41.6 Å². The van der Waals surface area contributed by atoms with Crippen LogP contribution >= 0.6 is 23.2 Å². The fourth-order valence-corrected chi connectivity index (χ4v) is 5.51. The first-order chi connectivity index (χ1) is 15.4. The van der Waals surface area contributed by atoms with Gasteiger partial charge in [0.05, 0.1) is 42.0 Å². The highest BCUT2D eigenvalue weighted by molar-refractivity contribution is 7.89. The zero-order valence-corrected chi connectivity index (χ0v) is 21.2. The van der Waals surface area contributed by atoms with Crippen LogP contribution in [-0.2, 0) is 34.7 Å². The summed E-state index contributed by atoms with van der Waals surface area (Å²) in [5, 5.41) is 0.568. The van der Waals surface area contributed by atoms with Crippen molar-refractivity contribution >= 4 is 43.3 Å². The Bertz CT molecular complexity index is 1240. The van der Waals surface area contributed by atoms with E-state index in [0.717, 1.165) is 10.6 Å². The largest absolute Gasteiger partial charge is 0.493 e. The van der Waals surface area contributed by atoms with E-state index in [1.165, 1.54) is 32.4 Å². The number of benzene rings is 2. The third-order valence-electron chi connectivity index (χ3n) is 5.16. The van der Waals surface area contributed by atoms with E-state index in [2.05, 4.69) is 0 Å². The molecule has 0 radical (unpaired) electrons. The molecule has 0 bridgehead atoms. The summed E-state index contributed by atoms with van der Waals surface area (Å²) in [5.74, 6) is 0.646. The maximum Gasteiger partial charge on any atom is 0.264 e. The van der Waals surface area contributed by atoms with E-state index in [1.54, 1.807) is 18.2 Å².